The number of halogens is 2. The van der Waals surface area contributed by atoms with Crippen LogP contribution in [0.1, 0.15) is 20.7 Å². The van der Waals surface area contributed by atoms with Crippen molar-refractivity contribution >= 4 is 56.4 Å². The first-order chi connectivity index (χ1) is 8.99. The van der Waals surface area contributed by atoms with E-state index in [-0.39, 0.29) is 22.2 Å². The van der Waals surface area contributed by atoms with Gasteiger partial charge in [-0.15, -0.1) is 11.3 Å². The van der Waals surface area contributed by atoms with Crippen LogP contribution in [0.15, 0.2) is 33.4 Å². The normalized spacial score (nSPS) is 10.2. The molecule has 0 unspecified atom stereocenters. The average molecular weight is 361 g/mol. The van der Waals surface area contributed by atoms with Crippen LogP contribution in [0.5, 0.6) is 0 Å². The van der Waals surface area contributed by atoms with Crippen LogP contribution in [0.3, 0.4) is 0 Å². The van der Waals surface area contributed by atoms with Gasteiger partial charge in [0.25, 0.3) is 5.91 Å². The lowest BCUT2D eigenvalue weighted by atomic mass is 10.1. The van der Waals surface area contributed by atoms with Crippen molar-refractivity contribution in [3.63, 3.8) is 0 Å². The molecule has 0 radical (unpaired) electrons. The quantitative estimate of drug-likeness (QED) is 0.865. The van der Waals surface area contributed by atoms with Crippen LogP contribution >= 0.6 is 38.9 Å². The first kappa shape index (κ1) is 14.0. The zero-order chi connectivity index (χ0) is 14.0. The van der Waals surface area contributed by atoms with E-state index < -0.39 is 5.97 Å². The lowest BCUT2D eigenvalue weighted by molar-refractivity contribution is 0.0698. The number of nitrogens with one attached hydrogen (secondary N) is 1. The summed E-state index contributed by atoms with van der Waals surface area (Å²) in [6.07, 6.45) is 0. The molecule has 0 fully saturated rings. The number of carbonyl (C=O) groups is 2. The summed E-state index contributed by atoms with van der Waals surface area (Å²) in [4.78, 5) is 23.1. The SMILES string of the molecule is O=C(Nc1cccc(Cl)c1C(=O)O)c1csc(Br)c1. The van der Waals surface area contributed by atoms with Gasteiger partial charge >= 0.3 is 5.97 Å². The molecule has 0 saturated heterocycles. The Labute approximate surface area is 126 Å². The van der Waals surface area contributed by atoms with Crippen molar-refractivity contribution in [1.82, 2.24) is 0 Å². The number of benzene rings is 1. The monoisotopic (exact) mass is 359 g/mol. The summed E-state index contributed by atoms with van der Waals surface area (Å²) in [5.74, 6) is -1.57. The minimum absolute atomic E-state index is 0.0804. The second kappa shape index (κ2) is 5.73. The number of anilines is 1. The van der Waals surface area contributed by atoms with Gasteiger partial charge in [0.2, 0.25) is 0 Å². The Morgan fingerprint density at radius 3 is 2.68 bits per heavy atom. The van der Waals surface area contributed by atoms with E-state index >= 15 is 0 Å². The minimum atomic E-state index is -1.19. The van der Waals surface area contributed by atoms with Crippen molar-refractivity contribution in [2.75, 3.05) is 5.32 Å². The summed E-state index contributed by atoms with van der Waals surface area (Å²) in [5, 5.41) is 13.4. The Morgan fingerprint density at radius 1 is 1.37 bits per heavy atom. The topological polar surface area (TPSA) is 66.4 Å². The zero-order valence-corrected chi connectivity index (χ0v) is 12.5. The minimum Gasteiger partial charge on any atom is -0.478 e. The number of carbonyl (C=O) groups excluding carboxylic acids is 1. The molecule has 0 saturated carbocycles. The molecule has 1 aromatic heterocycles. The van der Waals surface area contributed by atoms with Gasteiger partial charge in [-0.1, -0.05) is 17.7 Å². The van der Waals surface area contributed by atoms with Crippen molar-refractivity contribution in [3.05, 3.63) is 49.6 Å². The third-order valence-electron chi connectivity index (χ3n) is 2.31. The van der Waals surface area contributed by atoms with E-state index in [2.05, 4.69) is 21.2 Å². The average Bonchev–Trinajstić information content (AvgIpc) is 2.75. The van der Waals surface area contributed by atoms with E-state index in [1.807, 2.05) is 0 Å². The van der Waals surface area contributed by atoms with Gasteiger partial charge in [0.1, 0.15) is 5.56 Å². The molecular weight excluding hydrogens is 354 g/mol. The van der Waals surface area contributed by atoms with E-state index in [0.717, 1.165) is 3.79 Å². The Morgan fingerprint density at radius 2 is 2.11 bits per heavy atom. The summed E-state index contributed by atoms with van der Waals surface area (Å²) in [5.41, 5.74) is 0.507. The molecule has 2 N–H and O–H groups in total. The second-order valence-corrected chi connectivity index (χ2v) is 6.26. The highest BCUT2D eigenvalue weighted by Crippen LogP contribution is 2.26. The van der Waals surface area contributed by atoms with Crippen LogP contribution in [0.2, 0.25) is 5.02 Å². The third kappa shape index (κ3) is 3.15. The van der Waals surface area contributed by atoms with E-state index in [4.69, 9.17) is 16.7 Å². The number of carboxylic acids is 1. The van der Waals surface area contributed by atoms with Crippen LogP contribution in [-0.4, -0.2) is 17.0 Å². The standard InChI is InChI=1S/C12H7BrClNO3S/c13-9-4-6(5-19-9)11(16)15-8-3-1-2-7(14)10(8)12(17)18/h1-5H,(H,15,16)(H,17,18). The van der Waals surface area contributed by atoms with Crippen LogP contribution in [-0.2, 0) is 0 Å². The van der Waals surface area contributed by atoms with E-state index in [1.165, 1.54) is 23.5 Å². The number of hydrogen-bond acceptors (Lipinski definition) is 3. The van der Waals surface area contributed by atoms with Crippen molar-refractivity contribution in [1.29, 1.82) is 0 Å². The summed E-state index contributed by atoms with van der Waals surface area (Å²) in [6.45, 7) is 0. The highest BCUT2D eigenvalue weighted by atomic mass is 79.9. The first-order valence-corrected chi connectivity index (χ1v) is 7.11. The Kier molecular flexibility index (Phi) is 4.24. The number of rotatable bonds is 3. The summed E-state index contributed by atoms with van der Waals surface area (Å²) in [7, 11) is 0. The molecular formula is C12H7BrClNO3S. The summed E-state index contributed by atoms with van der Waals surface area (Å²) in [6, 6.07) is 6.19. The fourth-order valence-corrected chi connectivity index (χ4v) is 2.86. The Balaban J connectivity index is 2.31. The van der Waals surface area contributed by atoms with Crippen LogP contribution in [0.25, 0.3) is 0 Å². The third-order valence-corrected chi connectivity index (χ3v) is 4.12. The van der Waals surface area contributed by atoms with Crippen molar-refractivity contribution in [2.24, 2.45) is 0 Å². The molecule has 0 spiro atoms. The molecule has 0 aliphatic rings. The number of carboxylic acid groups (broad SMARTS) is 1. The molecule has 4 nitrogen and oxygen atoms in total. The molecule has 2 rings (SSSR count). The highest BCUT2D eigenvalue weighted by molar-refractivity contribution is 9.11. The molecule has 7 heteroatoms. The second-order valence-electron chi connectivity index (χ2n) is 3.56. The van der Waals surface area contributed by atoms with Crippen LogP contribution in [0, 0.1) is 0 Å². The molecule has 98 valence electrons. The highest BCUT2D eigenvalue weighted by Gasteiger charge is 2.17. The fraction of sp³-hybridized carbons (Fsp3) is 0. The van der Waals surface area contributed by atoms with E-state index in [1.54, 1.807) is 17.5 Å². The Bertz CT molecular complexity index is 656. The molecule has 2 aromatic rings. The molecule has 1 aromatic carbocycles. The number of amides is 1. The molecule has 0 atom stereocenters. The lowest BCUT2D eigenvalue weighted by Crippen LogP contribution is -2.14. The summed E-state index contributed by atoms with van der Waals surface area (Å²) < 4.78 is 0.821. The van der Waals surface area contributed by atoms with Gasteiger partial charge in [-0.3, -0.25) is 4.79 Å². The van der Waals surface area contributed by atoms with Crippen LogP contribution < -0.4 is 5.32 Å². The van der Waals surface area contributed by atoms with Crippen molar-refractivity contribution in [2.45, 2.75) is 0 Å². The maximum atomic E-state index is 12.0. The summed E-state index contributed by atoms with van der Waals surface area (Å²) >= 11 is 10.4. The number of hydrogen-bond donors (Lipinski definition) is 2. The first-order valence-electron chi connectivity index (χ1n) is 5.06. The largest absolute Gasteiger partial charge is 0.478 e. The van der Waals surface area contributed by atoms with E-state index in [0.29, 0.717) is 5.56 Å². The lowest BCUT2D eigenvalue weighted by Gasteiger charge is -2.08. The van der Waals surface area contributed by atoms with Gasteiger partial charge in [-0.05, 0) is 34.1 Å². The predicted molar refractivity (Wildman–Crippen MR) is 78.4 cm³/mol. The number of aromatic carboxylic acids is 1. The molecule has 19 heavy (non-hydrogen) atoms. The van der Waals surface area contributed by atoms with Gasteiger partial charge in [0.05, 0.1) is 20.1 Å². The molecule has 1 amide bonds. The number of thiophene rings is 1. The molecule has 1 heterocycles. The zero-order valence-electron chi connectivity index (χ0n) is 9.31. The van der Waals surface area contributed by atoms with Gasteiger partial charge in [-0.25, -0.2) is 4.79 Å². The molecule has 0 aliphatic carbocycles. The van der Waals surface area contributed by atoms with Crippen molar-refractivity contribution < 1.29 is 14.7 Å². The van der Waals surface area contributed by atoms with Crippen LogP contribution in [0.4, 0.5) is 5.69 Å². The van der Waals surface area contributed by atoms with Gasteiger partial charge in [-0.2, -0.15) is 0 Å². The van der Waals surface area contributed by atoms with Gasteiger partial charge in [0, 0.05) is 5.38 Å². The molecule has 0 bridgehead atoms. The van der Waals surface area contributed by atoms with Crippen molar-refractivity contribution in [3.8, 4) is 0 Å². The van der Waals surface area contributed by atoms with Gasteiger partial charge in [0.15, 0.2) is 0 Å². The smallest absolute Gasteiger partial charge is 0.339 e. The predicted octanol–water partition coefficient (Wildman–Crippen LogP) is 4.11. The molecule has 0 aliphatic heterocycles. The maximum absolute atomic E-state index is 12.0. The van der Waals surface area contributed by atoms with E-state index in [9.17, 15) is 9.59 Å². The maximum Gasteiger partial charge on any atom is 0.339 e. The fourth-order valence-electron chi connectivity index (χ4n) is 1.47. The van der Waals surface area contributed by atoms with Gasteiger partial charge < -0.3 is 10.4 Å². The Hall–Kier alpha value is -1.37.